The van der Waals surface area contributed by atoms with Crippen molar-refractivity contribution in [2.24, 2.45) is 5.92 Å². The molecule has 1 fully saturated rings. The number of anilines is 1. The van der Waals surface area contributed by atoms with Gasteiger partial charge >= 0.3 is 12.3 Å². The van der Waals surface area contributed by atoms with Gasteiger partial charge in [0.2, 0.25) is 17.9 Å². The quantitative estimate of drug-likeness (QED) is 0.448. The van der Waals surface area contributed by atoms with Crippen molar-refractivity contribution in [3.63, 3.8) is 0 Å². The second-order valence-electron chi connectivity index (χ2n) is 10.3. The lowest BCUT2D eigenvalue weighted by Gasteiger charge is -2.30. The summed E-state index contributed by atoms with van der Waals surface area (Å²) in [7, 11) is 1.59. The van der Waals surface area contributed by atoms with Gasteiger partial charge in [-0.2, -0.15) is 13.2 Å². The molecule has 2 aliphatic rings. The van der Waals surface area contributed by atoms with Gasteiger partial charge in [0.05, 0.1) is 11.6 Å². The molecule has 0 aliphatic carbocycles. The fourth-order valence-electron chi connectivity index (χ4n) is 5.27. The number of ether oxygens (including phenoxy) is 1. The van der Waals surface area contributed by atoms with E-state index in [1.807, 2.05) is 0 Å². The maximum atomic E-state index is 14.1. The van der Waals surface area contributed by atoms with E-state index in [-0.39, 0.29) is 36.8 Å². The highest BCUT2D eigenvalue weighted by Crippen LogP contribution is 2.46. The van der Waals surface area contributed by atoms with Gasteiger partial charge in [-0.05, 0) is 43.1 Å². The predicted molar refractivity (Wildman–Crippen MR) is 134 cm³/mol. The Balaban J connectivity index is 1.57. The molecule has 12 heteroatoms. The predicted octanol–water partition coefficient (Wildman–Crippen LogP) is 4.24. The van der Waals surface area contributed by atoms with E-state index in [1.54, 1.807) is 20.9 Å². The number of nitrogens with zero attached hydrogens (tertiary/aromatic N) is 1. The molecular weight excluding hydrogens is 520 g/mol. The molecule has 3 N–H and O–H groups in total. The Morgan fingerprint density at radius 3 is 2.49 bits per heavy atom. The average molecular weight is 551 g/mol. The van der Waals surface area contributed by atoms with Gasteiger partial charge in [-0.15, -0.1) is 0 Å². The zero-order chi connectivity index (χ0) is 28.5. The van der Waals surface area contributed by atoms with Crippen LogP contribution in [0.25, 0.3) is 0 Å². The van der Waals surface area contributed by atoms with Gasteiger partial charge in [0.25, 0.3) is 0 Å². The number of amides is 3. The third-order valence-electron chi connectivity index (χ3n) is 7.08. The van der Waals surface area contributed by atoms with Gasteiger partial charge in [0, 0.05) is 24.2 Å². The number of likely N-dealkylation sites (tertiary alicyclic amines) is 1. The monoisotopic (exact) mass is 550 g/mol. The van der Waals surface area contributed by atoms with Gasteiger partial charge in [-0.3, -0.25) is 9.59 Å². The largest absolute Gasteiger partial charge is 0.432 e. The van der Waals surface area contributed by atoms with E-state index in [2.05, 4.69) is 16.0 Å². The Kier molecular flexibility index (Phi) is 7.87. The Hall–Kier alpha value is -3.67. The number of alkyl halides is 3. The van der Waals surface area contributed by atoms with Gasteiger partial charge in [-0.25, -0.2) is 9.18 Å². The van der Waals surface area contributed by atoms with Crippen LogP contribution in [0.15, 0.2) is 48.5 Å². The maximum absolute atomic E-state index is 14.1. The Morgan fingerprint density at radius 2 is 1.87 bits per heavy atom. The number of alkyl carbamates (subject to hydrolysis) is 1. The molecule has 1 spiro atoms. The number of carbonyl (C=O) groups is 3. The van der Waals surface area contributed by atoms with Crippen LogP contribution in [0.1, 0.15) is 43.9 Å². The molecule has 8 nitrogen and oxygen atoms in total. The van der Waals surface area contributed by atoms with Crippen molar-refractivity contribution in [2.45, 2.75) is 56.6 Å². The fraction of sp³-hybridized carbons (Fsp3) is 0.444. The summed E-state index contributed by atoms with van der Waals surface area (Å²) in [6.45, 7) is 3.47. The molecule has 3 amide bonds. The van der Waals surface area contributed by atoms with Crippen molar-refractivity contribution in [1.29, 1.82) is 0 Å². The van der Waals surface area contributed by atoms with Crippen LogP contribution in [0, 0.1) is 11.7 Å². The second-order valence-corrected chi connectivity index (χ2v) is 10.3. The summed E-state index contributed by atoms with van der Waals surface area (Å²) in [6.07, 6.45) is -9.22. The Morgan fingerprint density at radius 1 is 1.18 bits per heavy atom. The topological polar surface area (TPSA) is 99.8 Å². The third-order valence-corrected chi connectivity index (χ3v) is 7.08. The summed E-state index contributed by atoms with van der Waals surface area (Å²) in [5, 5.41) is 8.04. The van der Waals surface area contributed by atoms with E-state index < -0.39 is 47.7 Å². The average Bonchev–Trinajstić information content (AvgIpc) is 3.39. The van der Waals surface area contributed by atoms with Crippen LogP contribution in [0.3, 0.4) is 0 Å². The Bertz CT molecular complexity index is 1240. The molecule has 39 heavy (non-hydrogen) atoms. The molecule has 2 aromatic rings. The molecule has 1 saturated heterocycles. The van der Waals surface area contributed by atoms with Crippen LogP contribution >= 0.6 is 0 Å². The molecule has 0 aromatic heterocycles. The minimum Gasteiger partial charge on any atom is -0.432 e. The van der Waals surface area contributed by atoms with Crippen molar-refractivity contribution in [3.05, 3.63) is 65.5 Å². The third kappa shape index (κ3) is 5.70. The lowest BCUT2D eigenvalue weighted by atomic mass is 9.80. The Labute approximate surface area is 223 Å². The minimum atomic E-state index is -4.88. The zero-order valence-corrected chi connectivity index (χ0v) is 21.6. The summed E-state index contributed by atoms with van der Waals surface area (Å²) in [5.41, 5.74) is -0.614. The first kappa shape index (κ1) is 28.3. The normalized spacial score (nSPS) is 22.0. The highest BCUT2D eigenvalue weighted by Gasteiger charge is 2.56. The number of nitrogens with one attached hydrogen (secondary N) is 3. The van der Waals surface area contributed by atoms with Crippen molar-refractivity contribution < 1.29 is 36.7 Å². The summed E-state index contributed by atoms with van der Waals surface area (Å²) < 4.78 is 60.0. The first-order chi connectivity index (χ1) is 18.4. The molecule has 0 unspecified atom stereocenters. The molecule has 2 heterocycles. The minimum absolute atomic E-state index is 0.104. The summed E-state index contributed by atoms with van der Waals surface area (Å²) >= 11 is 0. The molecule has 4 atom stereocenters. The smallest absolute Gasteiger partial charge is 0.429 e. The van der Waals surface area contributed by atoms with Crippen LogP contribution < -0.4 is 16.0 Å². The standard InChI is InChI=1S/C27H30F4N4O4/c1-15(2)11-20(34-25(38)39-22(27(29,30)31)16-7-5-4-6-8-16)23(36)35-14-26(13-21(35)32-3)18-12-17(28)9-10-19(18)33-24(26)37/h4-10,12,15,20-22,32H,11,13-14H2,1-3H3,(H,33,37)(H,34,38)/t20-,21-,22-,26-/m0/s1. The van der Waals surface area contributed by atoms with Crippen molar-refractivity contribution >= 4 is 23.6 Å². The second kappa shape index (κ2) is 10.8. The number of benzene rings is 2. The van der Waals surface area contributed by atoms with Crippen LogP contribution in [-0.2, 0) is 19.7 Å². The lowest BCUT2D eigenvalue weighted by Crippen LogP contribution is -2.53. The van der Waals surface area contributed by atoms with E-state index in [0.29, 0.717) is 11.3 Å². The molecule has 2 aliphatic heterocycles. The maximum Gasteiger partial charge on any atom is 0.429 e. The highest BCUT2D eigenvalue weighted by atomic mass is 19.4. The number of fused-ring (bicyclic) bond motifs is 2. The molecular formula is C27H30F4N4O4. The van der Waals surface area contributed by atoms with Crippen LogP contribution in [0.2, 0.25) is 0 Å². The van der Waals surface area contributed by atoms with Crippen LogP contribution in [-0.4, -0.2) is 54.8 Å². The van der Waals surface area contributed by atoms with Gasteiger partial charge in [0.1, 0.15) is 11.9 Å². The molecule has 0 radical (unpaired) electrons. The number of halogens is 4. The number of hydrogen-bond donors (Lipinski definition) is 3. The van der Waals surface area contributed by atoms with Gasteiger partial charge in [0.15, 0.2) is 0 Å². The first-order valence-electron chi connectivity index (χ1n) is 12.5. The van der Waals surface area contributed by atoms with E-state index >= 15 is 0 Å². The molecule has 0 saturated carbocycles. The van der Waals surface area contributed by atoms with Crippen LogP contribution in [0.5, 0.6) is 0 Å². The first-order valence-corrected chi connectivity index (χ1v) is 12.5. The fourth-order valence-corrected chi connectivity index (χ4v) is 5.27. The SMILES string of the molecule is CN[C@@H]1C[C@@]2(CN1C(=O)[C@H](CC(C)C)NC(=O)O[C@@H](c1ccccc1)C(F)(F)F)C(=O)Nc1ccc(F)cc12. The number of rotatable bonds is 7. The van der Waals surface area contributed by atoms with Crippen molar-refractivity contribution in [3.8, 4) is 0 Å². The zero-order valence-electron chi connectivity index (χ0n) is 21.6. The van der Waals surface area contributed by atoms with Crippen LogP contribution in [0.4, 0.5) is 28.0 Å². The highest BCUT2D eigenvalue weighted by molar-refractivity contribution is 6.07. The van der Waals surface area contributed by atoms with Gasteiger partial charge < -0.3 is 25.6 Å². The van der Waals surface area contributed by atoms with Gasteiger partial charge in [-0.1, -0.05) is 44.2 Å². The van der Waals surface area contributed by atoms with E-state index in [0.717, 1.165) is 0 Å². The number of carbonyl (C=O) groups excluding carboxylic acids is 3. The summed E-state index contributed by atoms with van der Waals surface area (Å²) in [5.74, 6) is -1.64. The molecule has 210 valence electrons. The van der Waals surface area contributed by atoms with Crippen molar-refractivity contribution in [1.82, 2.24) is 15.5 Å². The molecule has 0 bridgehead atoms. The number of hydrogen-bond acceptors (Lipinski definition) is 5. The van der Waals surface area contributed by atoms with E-state index in [1.165, 1.54) is 53.4 Å². The summed E-state index contributed by atoms with van der Waals surface area (Å²) in [6, 6.07) is 9.42. The van der Waals surface area contributed by atoms with E-state index in [4.69, 9.17) is 4.74 Å². The molecule has 2 aromatic carbocycles. The molecule has 4 rings (SSSR count). The lowest BCUT2D eigenvalue weighted by molar-refractivity contribution is -0.206. The summed E-state index contributed by atoms with van der Waals surface area (Å²) in [4.78, 5) is 40.9. The van der Waals surface area contributed by atoms with E-state index in [9.17, 15) is 31.9 Å². The van der Waals surface area contributed by atoms with Crippen molar-refractivity contribution in [2.75, 3.05) is 18.9 Å².